The Morgan fingerprint density at radius 3 is 3.06 bits per heavy atom. The Balaban J connectivity index is 2.27. The molecule has 3 nitrogen and oxygen atoms in total. The highest BCUT2D eigenvalue weighted by atomic mass is 16.5. The van der Waals surface area contributed by atoms with Gasteiger partial charge in [-0.1, -0.05) is 13.0 Å². The molecule has 0 aromatic carbocycles. The quantitative estimate of drug-likeness (QED) is 0.869. The number of fused-ring (bicyclic) bond motifs is 1. The van der Waals surface area contributed by atoms with Crippen molar-refractivity contribution >= 4 is 0 Å². The Kier molecular flexibility index (Phi) is 4.72. The van der Waals surface area contributed by atoms with Gasteiger partial charge in [-0.05, 0) is 44.4 Å². The molecule has 0 aliphatic heterocycles. The Morgan fingerprint density at radius 2 is 2.39 bits per heavy atom. The zero-order valence-corrected chi connectivity index (χ0v) is 11.6. The van der Waals surface area contributed by atoms with E-state index in [0.29, 0.717) is 12.0 Å². The summed E-state index contributed by atoms with van der Waals surface area (Å²) in [6.07, 6.45) is 6.82. The number of methoxy groups -OCH3 is 1. The van der Waals surface area contributed by atoms with Gasteiger partial charge >= 0.3 is 0 Å². The van der Waals surface area contributed by atoms with Crippen LogP contribution >= 0.6 is 0 Å². The van der Waals surface area contributed by atoms with Gasteiger partial charge in [-0.25, -0.2) is 0 Å². The van der Waals surface area contributed by atoms with Gasteiger partial charge in [0.15, 0.2) is 0 Å². The maximum atomic E-state index is 5.63. The average molecular weight is 248 g/mol. The smallest absolute Gasteiger partial charge is 0.0728 e. The molecule has 1 heterocycles. The summed E-state index contributed by atoms with van der Waals surface area (Å²) >= 11 is 0. The van der Waals surface area contributed by atoms with Gasteiger partial charge in [0.05, 0.1) is 6.10 Å². The first kappa shape index (κ1) is 13.5. The van der Waals surface area contributed by atoms with Crippen LogP contribution in [0.3, 0.4) is 0 Å². The van der Waals surface area contributed by atoms with Gasteiger partial charge in [-0.15, -0.1) is 0 Å². The third-order valence-electron chi connectivity index (χ3n) is 4.11. The number of nitrogens with zero attached hydrogens (tertiary/aromatic N) is 1. The van der Waals surface area contributed by atoms with Crippen LogP contribution in [0, 0.1) is 0 Å². The summed E-state index contributed by atoms with van der Waals surface area (Å²) in [6, 6.07) is 4.62. The van der Waals surface area contributed by atoms with Crippen molar-refractivity contribution in [3.8, 4) is 0 Å². The second-order valence-corrected chi connectivity index (χ2v) is 5.04. The molecule has 0 amide bonds. The predicted octanol–water partition coefficient (Wildman–Crippen LogP) is 2.51. The normalized spacial score (nSPS) is 22.3. The highest BCUT2D eigenvalue weighted by Crippen LogP contribution is 2.34. The molecule has 3 unspecified atom stereocenters. The number of rotatable bonds is 5. The monoisotopic (exact) mass is 248 g/mol. The topological polar surface area (TPSA) is 34.1 Å². The Morgan fingerprint density at radius 1 is 1.56 bits per heavy atom. The van der Waals surface area contributed by atoms with E-state index in [-0.39, 0.29) is 6.10 Å². The fraction of sp³-hybridized carbons (Fsp3) is 0.667. The number of hydrogen-bond donors (Lipinski definition) is 1. The van der Waals surface area contributed by atoms with E-state index in [1.165, 1.54) is 30.5 Å². The Hall–Kier alpha value is -0.930. The van der Waals surface area contributed by atoms with Crippen LogP contribution in [0.5, 0.6) is 0 Å². The lowest BCUT2D eigenvalue weighted by Gasteiger charge is -2.35. The zero-order valence-electron chi connectivity index (χ0n) is 11.6. The summed E-state index contributed by atoms with van der Waals surface area (Å²) < 4.78 is 5.63. The summed E-state index contributed by atoms with van der Waals surface area (Å²) in [4.78, 5) is 4.62. The fourth-order valence-corrected chi connectivity index (χ4v) is 3.21. The molecule has 18 heavy (non-hydrogen) atoms. The molecule has 1 N–H and O–H groups in total. The van der Waals surface area contributed by atoms with Crippen LogP contribution in [-0.4, -0.2) is 31.3 Å². The van der Waals surface area contributed by atoms with Gasteiger partial charge in [0.1, 0.15) is 0 Å². The zero-order chi connectivity index (χ0) is 13.0. The van der Waals surface area contributed by atoms with Crippen molar-refractivity contribution in [2.24, 2.45) is 0 Å². The van der Waals surface area contributed by atoms with E-state index in [9.17, 15) is 0 Å². The molecule has 3 heteroatoms. The minimum Gasteiger partial charge on any atom is -0.380 e. The first-order valence-corrected chi connectivity index (χ1v) is 6.95. The van der Waals surface area contributed by atoms with E-state index >= 15 is 0 Å². The first-order chi connectivity index (χ1) is 8.81. The summed E-state index contributed by atoms with van der Waals surface area (Å²) in [7, 11) is 3.84. The maximum absolute atomic E-state index is 5.63. The molecule has 0 fully saturated rings. The molecule has 1 aliphatic rings. The number of aryl methyl sites for hydroxylation is 1. The van der Waals surface area contributed by atoms with E-state index in [0.717, 1.165) is 6.42 Å². The van der Waals surface area contributed by atoms with Crippen molar-refractivity contribution < 1.29 is 4.74 Å². The molecule has 1 aliphatic carbocycles. The van der Waals surface area contributed by atoms with E-state index in [1.54, 1.807) is 7.11 Å². The lowest BCUT2D eigenvalue weighted by atomic mass is 9.79. The molecule has 0 radical (unpaired) electrons. The van der Waals surface area contributed by atoms with Gasteiger partial charge in [-0.3, -0.25) is 4.98 Å². The fourth-order valence-electron chi connectivity index (χ4n) is 3.21. The first-order valence-electron chi connectivity index (χ1n) is 6.95. The van der Waals surface area contributed by atoms with Crippen LogP contribution in [0.4, 0.5) is 0 Å². The summed E-state index contributed by atoms with van der Waals surface area (Å²) in [6.45, 7) is 2.18. The highest BCUT2D eigenvalue weighted by molar-refractivity contribution is 5.27. The van der Waals surface area contributed by atoms with Gasteiger partial charge in [-0.2, -0.15) is 0 Å². The highest BCUT2D eigenvalue weighted by Gasteiger charge is 2.32. The predicted molar refractivity (Wildman–Crippen MR) is 73.9 cm³/mol. The number of likely N-dealkylation sites (N-methyl/N-ethyl adjacent to an activating group) is 1. The van der Waals surface area contributed by atoms with Crippen LogP contribution in [0.15, 0.2) is 18.3 Å². The van der Waals surface area contributed by atoms with E-state index in [4.69, 9.17) is 4.74 Å². The van der Waals surface area contributed by atoms with Crippen molar-refractivity contribution in [1.29, 1.82) is 0 Å². The number of nitrogens with one attached hydrogen (secondary N) is 1. The third-order valence-corrected chi connectivity index (χ3v) is 4.11. The Bertz CT molecular complexity index is 377. The summed E-state index contributed by atoms with van der Waals surface area (Å²) in [5.41, 5.74) is 2.69. The van der Waals surface area contributed by atoms with Crippen LogP contribution in [-0.2, 0) is 11.2 Å². The molecule has 0 spiro atoms. The van der Waals surface area contributed by atoms with Crippen LogP contribution in [0.1, 0.15) is 43.4 Å². The van der Waals surface area contributed by atoms with Crippen LogP contribution < -0.4 is 5.32 Å². The molecule has 0 bridgehead atoms. The largest absolute Gasteiger partial charge is 0.380 e. The molecule has 1 aromatic heterocycles. The molecule has 3 atom stereocenters. The van der Waals surface area contributed by atoms with Crippen molar-refractivity contribution in [3.05, 3.63) is 29.6 Å². The summed E-state index contributed by atoms with van der Waals surface area (Å²) in [5.74, 6) is 0.477. The van der Waals surface area contributed by atoms with Crippen LogP contribution in [0.25, 0.3) is 0 Å². The molecular formula is C15H24N2O. The average Bonchev–Trinajstić information content (AvgIpc) is 2.44. The van der Waals surface area contributed by atoms with Crippen molar-refractivity contribution in [2.75, 3.05) is 14.2 Å². The van der Waals surface area contributed by atoms with Gasteiger partial charge in [0, 0.05) is 31.0 Å². The summed E-state index contributed by atoms with van der Waals surface area (Å²) in [5, 5.41) is 3.45. The molecular weight excluding hydrogens is 224 g/mol. The molecule has 100 valence electrons. The van der Waals surface area contributed by atoms with Crippen molar-refractivity contribution in [1.82, 2.24) is 10.3 Å². The van der Waals surface area contributed by atoms with E-state index in [1.807, 2.05) is 19.3 Å². The lowest BCUT2D eigenvalue weighted by Crippen LogP contribution is -2.44. The number of ether oxygens (including phenoxy) is 1. The van der Waals surface area contributed by atoms with E-state index in [2.05, 4.69) is 23.3 Å². The minimum absolute atomic E-state index is 0.257. The molecule has 0 saturated heterocycles. The SMILES string of the molecule is CCC(OC)C(NC)C1CCCc2cccnc21. The van der Waals surface area contributed by atoms with Gasteiger partial charge in [0.25, 0.3) is 0 Å². The van der Waals surface area contributed by atoms with E-state index < -0.39 is 0 Å². The molecule has 0 saturated carbocycles. The second-order valence-electron chi connectivity index (χ2n) is 5.04. The van der Waals surface area contributed by atoms with Crippen LogP contribution in [0.2, 0.25) is 0 Å². The Labute approximate surface area is 110 Å². The third kappa shape index (κ3) is 2.57. The molecule has 2 rings (SSSR count). The molecule has 1 aromatic rings. The lowest BCUT2D eigenvalue weighted by molar-refractivity contribution is 0.0558. The minimum atomic E-state index is 0.257. The standard InChI is InChI=1S/C15H24N2O/c1-4-13(18-3)15(16-2)12-9-5-7-11-8-6-10-17-14(11)12/h6,8,10,12-13,15-16H,4-5,7,9H2,1-3H3. The van der Waals surface area contributed by atoms with Gasteiger partial charge in [0.2, 0.25) is 0 Å². The maximum Gasteiger partial charge on any atom is 0.0728 e. The second kappa shape index (κ2) is 6.30. The van der Waals surface area contributed by atoms with Crippen molar-refractivity contribution in [2.45, 2.75) is 50.7 Å². The number of hydrogen-bond acceptors (Lipinski definition) is 3. The number of pyridine rings is 1. The van der Waals surface area contributed by atoms with Gasteiger partial charge < -0.3 is 10.1 Å². The van der Waals surface area contributed by atoms with Crippen molar-refractivity contribution in [3.63, 3.8) is 0 Å². The number of aromatic nitrogens is 1.